The molecule has 0 bridgehead atoms. The lowest BCUT2D eigenvalue weighted by Crippen LogP contribution is -2.38. The fraction of sp³-hybridized carbons (Fsp3) is 0.560. The summed E-state index contributed by atoms with van der Waals surface area (Å²) in [6.07, 6.45) is 5.05. The van der Waals surface area contributed by atoms with Gasteiger partial charge in [0.05, 0.1) is 25.7 Å². The molecule has 0 spiro atoms. The Hall–Kier alpha value is -2.11. The van der Waals surface area contributed by atoms with Crippen LogP contribution in [0.25, 0.3) is 10.8 Å². The number of fused-ring (bicyclic) bond motifs is 1. The maximum atomic E-state index is 11.9. The maximum Gasteiger partial charge on any atom is 0.309 e. The Morgan fingerprint density at radius 2 is 1.77 bits per heavy atom. The zero-order valence-electron chi connectivity index (χ0n) is 18.0. The number of esters is 1. The summed E-state index contributed by atoms with van der Waals surface area (Å²) in [6, 6.07) is 13.1. The van der Waals surface area contributed by atoms with Gasteiger partial charge >= 0.3 is 5.97 Å². The second-order valence-corrected chi connectivity index (χ2v) is 8.39. The number of carbonyl (C=O) groups is 1. The molecule has 162 valence electrons. The third-order valence-corrected chi connectivity index (χ3v) is 6.27. The molecule has 0 unspecified atom stereocenters. The van der Waals surface area contributed by atoms with Crippen molar-refractivity contribution < 1.29 is 19.0 Å². The fourth-order valence-corrected chi connectivity index (χ4v) is 4.43. The Morgan fingerprint density at radius 3 is 2.53 bits per heavy atom. The molecular weight excluding hydrogens is 378 g/mol. The van der Waals surface area contributed by atoms with Crippen molar-refractivity contribution in [3.05, 3.63) is 42.0 Å². The van der Waals surface area contributed by atoms with E-state index in [9.17, 15) is 4.79 Å². The van der Waals surface area contributed by atoms with Crippen LogP contribution in [0.3, 0.4) is 0 Å². The minimum Gasteiger partial charge on any atom is -0.490 e. The molecule has 0 saturated carbocycles. The first kappa shape index (κ1) is 21.1. The molecule has 0 aromatic heterocycles. The van der Waals surface area contributed by atoms with E-state index in [1.165, 1.54) is 16.3 Å². The number of carbonyl (C=O) groups excluding carboxylic acids is 1. The Bertz CT molecular complexity index is 838. The molecule has 5 nitrogen and oxygen atoms in total. The summed E-state index contributed by atoms with van der Waals surface area (Å²) in [6.45, 7) is 6.92. The Kier molecular flexibility index (Phi) is 7.24. The normalized spacial score (nSPS) is 19.1. The summed E-state index contributed by atoms with van der Waals surface area (Å²) >= 11 is 0. The van der Waals surface area contributed by atoms with E-state index in [0.717, 1.165) is 70.7 Å². The molecule has 4 rings (SSSR count). The summed E-state index contributed by atoms with van der Waals surface area (Å²) in [5, 5.41) is 2.48. The molecular formula is C25H33NO4. The summed E-state index contributed by atoms with van der Waals surface area (Å²) in [4.78, 5) is 14.4. The van der Waals surface area contributed by atoms with Crippen molar-refractivity contribution in [3.8, 4) is 5.75 Å². The number of ether oxygens (including phenoxy) is 3. The Morgan fingerprint density at radius 1 is 1.03 bits per heavy atom. The highest BCUT2D eigenvalue weighted by Crippen LogP contribution is 2.25. The zero-order chi connectivity index (χ0) is 20.8. The predicted molar refractivity (Wildman–Crippen MR) is 118 cm³/mol. The first-order valence-electron chi connectivity index (χ1n) is 11.4. The van der Waals surface area contributed by atoms with E-state index in [1.54, 1.807) is 0 Å². The van der Waals surface area contributed by atoms with E-state index in [1.807, 2.05) is 6.92 Å². The number of hydrogen-bond donors (Lipinski definition) is 0. The van der Waals surface area contributed by atoms with Gasteiger partial charge in [-0.3, -0.25) is 4.79 Å². The molecule has 0 amide bonds. The van der Waals surface area contributed by atoms with Crippen molar-refractivity contribution in [2.24, 2.45) is 5.92 Å². The predicted octanol–water partition coefficient (Wildman–Crippen LogP) is 4.22. The van der Waals surface area contributed by atoms with Crippen LogP contribution in [0.15, 0.2) is 36.4 Å². The molecule has 2 aliphatic rings. The minimum atomic E-state index is -0.0214. The van der Waals surface area contributed by atoms with E-state index in [-0.39, 0.29) is 18.0 Å². The van der Waals surface area contributed by atoms with Gasteiger partial charge < -0.3 is 19.1 Å². The van der Waals surface area contributed by atoms with Crippen molar-refractivity contribution >= 4 is 16.7 Å². The average Bonchev–Trinajstić information content (AvgIpc) is 2.79. The van der Waals surface area contributed by atoms with Crippen LogP contribution < -0.4 is 4.74 Å². The van der Waals surface area contributed by atoms with Crippen molar-refractivity contribution in [1.82, 2.24) is 4.90 Å². The summed E-state index contributed by atoms with van der Waals surface area (Å²) in [7, 11) is 0. The maximum absolute atomic E-state index is 11.9. The van der Waals surface area contributed by atoms with Gasteiger partial charge in [0.1, 0.15) is 11.9 Å². The monoisotopic (exact) mass is 411 g/mol. The van der Waals surface area contributed by atoms with Crippen molar-refractivity contribution in [2.45, 2.75) is 45.1 Å². The van der Waals surface area contributed by atoms with Crippen LogP contribution in [-0.2, 0) is 20.7 Å². The van der Waals surface area contributed by atoms with Crippen LogP contribution in [0.4, 0.5) is 0 Å². The molecule has 0 atom stereocenters. The molecule has 30 heavy (non-hydrogen) atoms. The van der Waals surface area contributed by atoms with E-state index >= 15 is 0 Å². The molecule has 2 saturated heterocycles. The van der Waals surface area contributed by atoms with Crippen LogP contribution in [0, 0.1) is 5.92 Å². The third kappa shape index (κ3) is 5.52. The van der Waals surface area contributed by atoms with E-state index in [0.29, 0.717) is 6.61 Å². The largest absolute Gasteiger partial charge is 0.490 e. The third-order valence-electron chi connectivity index (χ3n) is 6.27. The highest BCUT2D eigenvalue weighted by Gasteiger charge is 2.25. The fourth-order valence-electron chi connectivity index (χ4n) is 4.43. The van der Waals surface area contributed by atoms with Gasteiger partial charge in [-0.15, -0.1) is 0 Å². The molecule has 2 aliphatic heterocycles. The van der Waals surface area contributed by atoms with Crippen LogP contribution in [-0.4, -0.2) is 56.4 Å². The Balaban J connectivity index is 1.29. The van der Waals surface area contributed by atoms with E-state index in [2.05, 4.69) is 41.3 Å². The first-order valence-corrected chi connectivity index (χ1v) is 11.4. The van der Waals surface area contributed by atoms with Crippen molar-refractivity contribution in [2.75, 3.05) is 39.5 Å². The topological polar surface area (TPSA) is 48.0 Å². The van der Waals surface area contributed by atoms with Gasteiger partial charge in [0.25, 0.3) is 0 Å². The molecule has 5 heteroatoms. The van der Waals surface area contributed by atoms with Crippen LogP contribution in [0.1, 0.15) is 38.2 Å². The van der Waals surface area contributed by atoms with Gasteiger partial charge in [0.15, 0.2) is 0 Å². The molecule has 2 fully saturated rings. The molecule has 0 aliphatic carbocycles. The van der Waals surface area contributed by atoms with E-state index in [4.69, 9.17) is 14.2 Å². The van der Waals surface area contributed by atoms with Gasteiger partial charge in [-0.25, -0.2) is 0 Å². The number of piperidine rings is 1. The molecule has 2 aromatic carbocycles. The van der Waals surface area contributed by atoms with Crippen molar-refractivity contribution in [3.63, 3.8) is 0 Å². The number of likely N-dealkylation sites (tertiary alicyclic amines) is 1. The minimum absolute atomic E-state index is 0.0214. The lowest BCUT2D eigenvalue weighted by molar-refractivity contribution is -0.149. The van der Waals surface area contributed by atoms with E-state index < -0.39 is 0 Å². The second-order valence-electron chi connectivity index (χ2n) is 8.39. The van der Waals surface area contributed by atoms with Crippen molar-refractivity contribution in [1.29, 1.82) is 0 Å². The molecule has 2 aromatic rings. The number of rotatable bonds is 7. The molecule has 2 heterocycles. The first-order chi connectivity index (χ1) is 14.7. The second kappa shape index (κ2) is 10.3. The number of benzene rings is 2. The molecule has 0 radical (unpaired) electrons. The van der Waals surface area contributed by atoms with Crippen LogP contribution >= 0.6 is 0 Å². The smallest absolute Gasteiger partial charge is 0.309 e. The zero-order valence-corrected chi connectivity index (χ0v) is 18.0. The van der Waals surface area contributed by atoms with Gasteiger partial charge in [-0.05, 0) is 67.7 Å². The SMILES string of the molecule is CCOC(=O)C1CCN(CCc2ccc3cc(OC4CCOCC4)ccc3c2)CC1. The van der Waals surface area contributed by atoms with Crippen LogP contribution in [0.5, 0.6) is 5.75 Å². The van der Waals surface area contributed by atoms with Gasteiger partial charge in [0, 0.05) is 19.4 Å². The quantitative estimate of drug-likeness (QED) is 0.639. The van der Waals surface area contributed by atoms with Gasteiger partial charge in [0.2, 0.25) is 0 Å². The average molecular weight is 412 g/mol. The summed E-state index contributed by atoms with van der Waals surface area (Å²) in [5.74, 6) is 1.01. The van der Waals surface area contributed by atoms with Gasteiger partial charge in [-0.1, -0.05) is 24.3 Å². The number of hydrogen-bond acceptors (Lipinski definition) is 5. The highest BCUT2D eigenvalue weighted by atomic mass is 16.5. The lowest BCUT2D eigenvalue weighted by atomic mass is 9.96. The highest BCUT2D eigenvalue weighted by molar-refractivity contribution is 5.84. The summed E-state index contributed by atoms with van der Waals surface area (Å²) in [5.41, 5.74) is 1.35. The molecule has 0 N–H and O–H groups in total. The standard InChI is InChI=1S/C25H33NO4/c1-2-29-25(27)20-8-13-26(14-9-20)12-7-19-3-4-22-18-24(6-5-21(22)17-19)30-23-10-15-28-16-11-23/h3-6,17-18,20,23H,2,7-16H2,1H3. The van der Waals surface area contributed by atoms with Crippen LogP contribution in [0.2, 0.25) is 0 Å². The summed E-state index contributed by atoms with van der Waals surface area (Å²) < 4.78 is 16.7. The Labute approximate surface area is 179 Å². The lowest BCUT2D eigenvalue weighted by Gasteiger charge is -2.30. The number of nitrogens with zero attached hydrogens (tertiary/aromatic N) is 1. The van der Waals surface area contributed by atoms with Gasteiger partial charge in [-0.2, -0.15) is 0 Å².